The number of carboxylic acids is 1. The Hall–Kier alpha value is -2.41. The van der Waals surface area contributed by atoms with Crippen molar-refractivity contribution < 1.29 is 14.7 Å². The Labute approximate surface area is 125 Å². The van der Waals surface area contributed by atoms with Crippen LogP contribution in [-0.2, 0) is 18.3 Å². The standard InChI is InChI=1S/C14H15N3O3S/c1-17-11(5-8-16-17)4-7-15-14(20)13-10(6-9-21-13)2-3-12(18)19/h2-3,5-6,8-9H,4,7H2,1H3,(H,15,20)(H,18,19)/b3-2+. The minimum atomic E-state index is -1.04. The van der Waals surface area contributed by atoms with Crippen LogP contribution in [0.2, 0.25) is 0 Å². The van der Waals surface area contributed by atoms with Crippen LogP contribution in [0.15, 0.2) is 29.8 Å². The van der Waals surface area contributed by atoms with Gasteiger partial charge >= 0.3 is 5.97 Å². The number of rotatable bonds is 6. The Balaban J connectivity index is 1.93. The van der Waals surface area contributed by atoms with Gasteiger partial charge in [-0.2, -0.15) is 5.10 Å². The molecule has 0 saturated carbocycles. The highest BCUT2D eigenvalue weighted by molar-refractivity contribution is 7.12. The highest BCUT2D eigenvalue weighted by Crippen LogP contribution is 2.18. The molecular weight excluding hydrogens is 290 g/mol. The fraction of sp³-hybridized carbons (Fsp3) is 0.214. The van der Waals surface area contributed by atoms with Gasteiger partial charge in [-0.25, -0.2) is 4.79 Å². The van der Waals surface area contributed by atoms with E-state index >= 15 is 0 Å². The van der Waals surface area contributed by atoms with Gasteiger partial charge in [0.1, 0.15) is 0 Å². The summed E-state index contributed by atoms with van der Waals surface area (Å²) in [5.74, 6) is -1.24. The molecule has 0 aliphatic rings. The topological polar surface area (TPSA) is 84.2 Å². The van der Waals surface area contributed by atoms with Gasteiger partial charge in [-0.1, -0.05) is 0 Å². The summed E-state index contributed by atoms with van der Waals surface area (Å²) in [6.45, 7) is 0.498. The first-order valence-corrected chi connectivity index (χ1v) is 7.19. The second kappa shape index (κ2) is 6.85. The molecule has 2 heterocycles. The molecule has 0 saturated heterocycles. The SMILES string of the molecule is Cn1nccc1CCNC(=O)c1sccc1/C=C/C(=O)O. The molecule has 110 valence electrons. The van der Waals surface area contributed by atoms with Gasteiger partial charge in [0.2, 0.25) is 0 Å². The summed E-state index contributed by atoms with van der Waals surface area (Å²) >= 11 is 1.29. The Morgan fingerprint density at radius 1 is 1.48 bits per heavy atom. The Kier molecular flexibility index (Phi) is 4.89. The molecule has 1 amide bonds. The predicted octanol–water partition coefficient (Wildman–Crippen LogP) is 1.55. The zero-order valence-corrected chi connectivity index (χ0v) is 12.3. The van der Waals surface area contributed by atoms with Gasteiger partial charge in [0.25, 0.3) is 5.91 Å². The average molecular weight is 305 g/mol. The third kappa shape index (κ3) is 4.03. The quantitative estimate of drug-likeness (QED) is 0.793. The highest BCUT2D eigenvalue weighted by Gasteiger charge is 2.11. The second-order valence-corrected chi connectivity index (χ2v) is 5.24. The lowest BCUT2D eigenvalue weighted by atomic mass is 10.2. The maximum atomic E-state index is 12.1. The molecule has 2 aromatic rings. The summed E-state index contributed by atoms with van der Waals surface area (Å²) in [5.41, 5.74) is 1.65. The van der Waals surface area contributed by atoms with Crippen molar-refractivity contribution in [2.24, 2.45) is 7.05 Å². The number of aryl methyl sites for hydroxylation is 1. The molecular formula is C14H15N3O3S. The molecule has 0 spiro atoms. The lowest BCUT2D eigenvalue weighted by Crippen LogP contribution is -2.26. The minimum absolute atomic E-state index is 0.197. The van der Waals surface area contributed by atoms with Gasteiger partial charge in [0.05, 0.1) is 4.88 Å². The molecule has 0 aromatic carbocycles. The number of carbonyl (C=O) groups excluding carboxylic acids is 1. The molecule has 0 bridgehead atoms. The summed E-state index contributed by atoms with van der Waals surface area (Å²) in [6, 6.07) is 3.62. The Bertz CT molecular complexity index is 673. The average Bonchev–Trinajstić information content (AvgIpc) is 3.05. The molecule has 0 atom stereocenters. The predicted molar refractivity (Wildman–Crippen MR) is 80.2 cm³/mol. The number of hydrogen-bond donors (Lipinski definition) is 2. The highest BCUT2D eigenvalue weighted by atomic mass is 32.1. The summed E-state index contributed by atoms with van der Waals surface area (Å²) in [7, 11) is 1.85. The minimum Gasteiger partial charge on any atom is -0.478 e. The van der Waals surface area contributed by atoms with Crippen LogP contribution in [0.25, 0.3) is 6.08 Å². The second-order valence-electron chi connectivity index (χ2n) is 4.33. The van der Waals surface area contributed by atoms with Crippen molar-refractivity contribution in [3.63, 3.8) is 0 Å². The molecule has 21 heavy (non-hydrogen) atoms. The van der Waals surface area contributed by atoms with Gasteiger partial charge in [-0.15, -0.1) is 11.3 Å². The third-order valence-corrected chi connectivity index (χ3v) is 3.83. The fourth-order valence-corrected chi connectivity index (χ4v) is 2.63. The van der Waals surface area contributed by atoms with E-state index in [-0.39, 0.29) is 5.91 Å². The normalized spacial score (nSPS) is 10.9. The molecule has 2 N–H and O–H groups in total. The number of nitrogens with zero attached hydrogens (tertiary/aromatic N) is 2. The zero-order chi connectivity index (χ0) is 15.2. The van der Waals surface area contributed by atoms with E-state index in [4.69, 9.17) is 5.11 Å². The summed E-state index contributed by atoms with van der Waals surface area (Å²) in [4.78, 5) is 23.1. The first kappa shape index (κ1) is 15.0. The van der Waals surface area contributed by atoms with E-state index in [0.29, 0.717) is 23.4 Å². The van der Waals surface area contributed by atoms with Crippen molar-refractivity contribution >= 4 is 29.3 Å². The van der Waals surface area contributed by atoms with E-state index in [1.807, 2.05) is 13.1 Å². The lowest BCUT2D eigenvalue weighted by molar-refractivity contribution is -0.131. The van der Waals surface area contributed by atoms with Crippen molar-refractivity contribution in [3.8, 4) is 0 Å². The Morgan fingerprint density at radius 2 is 2.29 bits per heavy atom. The molecule has 7 heteroatoms. The molecule has 0 unspecified atom stereocenters. The third-order valence-electron chi connectivity index (χ3n) is 2.90. The first-order chi connectivity index (χ1) is 10.1. The molecule has 0 fully saturated rings. The van der Waals surface area contributed by atoms with E-state index in [1.165, 1.54) is 17.4 Å². The van der Waals surface area contributed by atoms with Gasteiger partial charge in [-0.3, -0.25) is 9.48 Å². The van der Waals surface area contributed by atoms with E-state index in [2.05, 4.69) is 10.4 Å². The lowest BCUT2D eigenvalue weighted by Gasteiger charge is -2.05. The maximum absolute atomic E-state index is 12.1. The molecule has 2 rings (SSSR count). The van der Waals surface area contributed by atoms with Crippen LogP contribution < -0.4 is 5.32 Å². The van der Waals surface area contributed by atoms with Gasteiger partial charge in [0, 0.05) is 38.0 Å². The van der Waals surface area contributed by atoms with E-state index < -0.39 is 5.97 Å². The number of amides is 1. The Morgan fingerprint density at radius 3 is 2.95 bits per heavy atom. The summed E-state index contributed by atoms with van der Waals surface area (Å²) in [5, 5.41) is 17.3. The largest absolute Gasteiger partial charge is 0.478 e. The van der Waals surface area contributed by atoms with Crippen LogP contribution in [0.3, 0.4) is 0 Å². The smallest absolute Gasteiger partial charge is 0.328 e. The van der Waals surface area contributed by atoms with E-state index in [1.54, 1.807) is 22.3 Å². The first-order valence-electron chi connectivity index (χ1n) is 6.31. The van der Waals surface area contributed by atoms with Gasteiger partial charge < -0.3 is 10.4 Å². The van der Waals surface area contributed by atoms with Crippen LogP contribution in [0.4, 0.5) is 0 Å². The number of hydrogen-bond acceptors (Lipinski definition) is 4. The molecule has 2 aromatic heterocycles. The van der Waals surface area contributed by atoms with Crippen molar-refractivity contribution in [2.75, 3.05) is 6.54 Å². The van der Waals surface area contributed by atoms with Crippen molar-refractivity contribution in [1.82, 2.24) is 15.1 Å². The van der Waals surface area contributed by atoms with E-state index in [9.17, 15) is 9.59 Å². The summed E-state index contributed by atoms with van der Waals surface area (Å²) < 4.78 is 1.76. The number of carboxylic acid groups (broad SMARTS) is 1. The number of thiophene rings is 1. The van der Waals surface area contributed by atoms with E-state index in [0.717, 1.165) is 11.8 Å². The maximum Gasteiger partial charge on any atom is 0.328 e. The van der Waals surface area contributed by atoms with Crippen molar-refractivity contribution in [3.05, 3.63) is 45.9 Å². The van der Waals surface area contributed by atoms with Crippen molar-refractivity contribution in [2.45, 2.75) is 6.42 Å². The number of carbonyl (C=O) groups is 2. The summed E-state index contributed by atoms with van der Waals surface area (Å²) in [6.07, 6.45) is 4.85. The van der Waals surface area contributed by atoms with Gasteiger partial charge in [-0.05, 0) is 29.2 Å². The van der Waals surface area contributed by atoms with Crippen LogP contribution in [-0.4, -0.2) is 33.3 Å². The van der Waals surface area contributed by atoms with Gasteiger partial charge in [0.15, 0.2) is 0 Å². The van der Waals surface area contributed by atoms with Crippen LogP contribution in [0.1, 0.15) is 20.9 Å². The number of aromatic nitrogens is 2. The zero-order valence-electron chi connectivity index (χ0n) is 11.4. The number of aliphatic carboxylic acids is 1. The van der Waals surface area contributed by atoms with Crippen molar-refractivity contribution in [1.29, 1.82) is 0 Å². The fourth-order valence-electron chi connectivity index (χ4n) is 1.83. The molecule has 0 aliphatic heterocycles. The van der Waals surface area contributed by atoms with Crippen LogP contribution in [0.5, 0.6) is 0 Å². The number of nitrogens with one attached hydrogen (secondary N) is 1. The monoisotopic (exact) mass is 305 g/mol. The molecule has 6 nitrogen and oxygen atoms in total. The molecule has 0 aliphatic carbocycles. The van der Waals surface area contributed by atoms with Crippen LogP contribution >= 0.6 is 11.3 Å². The van der Waals surface area contributed by atoms with Crippen LogP contribution in [0, 0.1) is 0 Å². The molecule has 0 radical (unpaired) electrons.